The van der Waals surface area contributed by atoms with Crippen LogP contribution in [0.4, 0.5) is 11.4 Å². The van der Waals surface area contributed by atoms with Crippen LogP contribution in [-0.4, -0.2) is 20.9 Å². The van der Waals surface area contributed by atoms with E-state index in [0.29, 0.717) is 5.41 Å². The molecule has 1 aromatic heterocycles. The van der Waals surface area contributed by atoms with Crippen LogP contribution in [0.1, 0.15) is 44.1 Å². The highest BCUT2D eigenvalue weighted by Gasteiger charge is 2.51. The molecule has 0 aliphatic heterocycles. The molecule has 7 rings (SSSR count). The average molecular weight is 436 g/mol. The van der Waals surface area contributed by atoms with Crippen LogP contribution in [0.3, 0.4) is 0 Å². The second-order valence-electron chi connectivity index (χ2n) is 9.99. The van der Waals surface area contributed by atoms with Crippen molar-refractivity contribution in [2.75, 3.05) is 5.32 Å². The van der Waals surface area contributed by atoms with Crippen LogP contribution in [0.2, 0.25) is 5.02 Å². The van der Waals surface area contributed by atoms with Crippen molar-refractivity contribution >= 4 is 39.8 Å². The number of nitrogens with one attached hydrogen (secondary N) is 1. The highest BCUT2D eigenvalue weighted by atomic mass is 35.5. The lowest BCUT2D eigenvalue weighted by Crippen LogP contribution is -2.48. The minimum absolute atomic E-state index is 0.159. The first-order chi connectivity index (χ1) is 15.0. The highest BCUT2D eigenvalue weighted by Crippen LogP contribution is 2.61. The lowest BCUT2D eigenvalue weighted by atomic mass is 9.48. The Morgan fingerprint density at radius 3 is 2.45 bits per heavy atom. The Balaban J connectivity index is 1.28. The molecular formula is C25H26ClN3O2. The van der Waals surface area contributed by atoms with E-state index in [1.807, 2.05) is 18.2 Å². The number of hydrogen-bond donors (Lipinski definition) is 2. The summed E-state index contributed by atoms with van der Waals surface area (Å²) in [5, 5.41) is 18.4. The fraction of sp³-hybridized carbons (Fsp3) is 0.440. The lowest BCUT2D eigenvalue weighted by Gasteiger charge is -2.57. The Bertz CT molecular complexity index is 1150. The van der Waals surface area contributed by atoms with Gasteiger partial charge in [0, 0.05) is 11.1 Å². The van der Waals surface area contributed by atoms with Gasteiger partial charge in [-0.2, -0.15) is 5.10 Å². The number of nitrogens with zero attached hydrogens (tertiary/aromatic N) is 2. The molecule has 160 valence electrons. The molecule has 0 amide bonds. The summed E-state index contributed by atoms with van der Waals surface area (Å²) in [6, 6.07) is 12.4. The third-order valence-corrected chi connectivity index (χ3v) is 8.14. The summed E-state index contributed by atoms with van der Waals surface area (Å²) in [6.45, 7) is -0.159. The zero-order valence-electron chi connectivity index (χ0n) is 17.4. The van der Waals surface area contributed by atoms with Crippen LogP contribution in [0, 0.1) is 17.8 Å². The van der Waals surface area contributed by atoms with E-state index < -0.39 is 5.97 Å². The Labute approximate surface area is 186 Å². The number of hydrogen-bond acceptors (Lipinski definition) is 3. The first kappa shape index (κ1) is 19.2. The SMILES string of the molecule is O=C(O)Cn1ncc2ccc(Nc3ccc(C45CC6CC(CC(C6)C4)C5)cc3Cl)cc21. The molecule has 31 heavy (non-hydrogen) atoms. The first-order valence-electron chi connectivity index (χ1n) is 11.2. The number of aliphatic carboxylic acids is 1. The predicted molar refractivity (Wildman–Crippen MR) is 122 cm³/mol. The van der Waals surface area contributed by atoms with E-state index in [1.165, 1.54) is 48.8 Å². The standard InChI is InChI=1S/C25H26ClN3O2/c26-21-8-19(25-10-15-5-16(11-25)7-17(6-15)12-25)2-4-22(21)28-20-3-1-18-13-27-29(14-24(30)31)23(18)9-20/h1-4,8-9,13,15-17,28H,5-7,10-12,14H2,(H,30,31). The number of carboxylic acids is 1. The van der Waals surface area contributed by atoms with Gasteiger partial charge in [0.1, 0.15) is 6.54 Å². The maximum Gasteiger partial charge on any atom is 0.325 e. The van der Waals surface area contributed by atoms with Crippen molar-refractivity contribution in [3.63, 3.8) is 0 Å². The molecule has 4 aliphatic rings. The van der Waals surface area contributed by atoms with Crippen molar-refractivity contribution in [1.82, 2.24) is 9.78 Å². The molecule has 4 saturated carbocycles. The van der Waals surface area contributed by atoms with Gasteiger partial charge in [-0.3, -0.25) is 9.48 Å². The smallest absolute Gasteiger partial charge is 0.325 e. The Hall–Kier alpha value is -2.53. The number of rotatable bonds is 5. The van der Waals surface area contributed by atoms with Crippen molar-refractivity contribution in [3.05, 3.63) is 53.2 Å². The quantitative estimate of drug-likeness (QED) is 0.516. The molecule has 2 aromatic carbocycles. The molecule has 2 N–H and O–H groups in total. The van der Waals surface area contributed by atoms with Crippen molar-refractivity contribution < 1.29 is 9.90 Å². The Kier molecular flexibility index (Phi) is 4.32. The third kappa shape index (κ3) is 3.30. The van der Waals surface area contributed by atoms with Gasteiger partial charge in [0.05, 0.1) is 22.4 Å². The molecule has 4 bridgehead atoms. The van der Waals surface area contributed by atoms with E-state index in [-0.39, 0.29) is 6.54 Å². The molecule has 0 saturated heterocycles. The Morgan fingerprint density at radius 2 is 1.81 bits per heavy atom. The number of carboxylic acid groups (broad SMARTS) is 1. The average Bonchev–Trinajstić information content (AvgIpc) is 3.10. The number of anilines is 2. The molecule has 5 nitrogen and oxygen atoms in total. The molecule has 1 heterocycles. The topological polar surface area (TPSA) is 67.1 Å². The van der Waals surface area contributed by atoms with Crippen LogP contribution in [-0.2, 0) is 16.8 Å². The van der Waals surface area contributed by atoms with Crippen LogP contribution < -0.4 is 5.32 Å². The van der Waals surface area contributed by atoms with Crippen molar-refractivity contribution in [2.24, 2.45) is 17.8 Å². The number of halogens is 1. The molecule has 3 aromatic rings. The van der Waals surface area contributed by atoms with Crippen LogP contribution in [0.25, 0.3) is 10.9 Å². The monoisotopic (exact) mass is 435 g/mol. The zero-order chi connectivity index (χ0) is 21.2. The van der Waals surface area contributed by atoms with Crippen molar-refractivity contribution in [2.45, 2.75) is 50.5 Å². The second-order valence-corrected chi connectivity index (χ2v) is 10.4. The van der Waals surface area contributed by atoms with E-state index in [4.69, 9.17) is 16.7 Å². The summed E-state index contributed by atoms with van der Waals surface area (Å²) in [4.78, 5) is 11.1. The second kappa shape index (κ2) is 6.99. The van der Waals surface area contributed by atoms with E-state index >= 15 is 0 Å². The van der Waals surface area contributed by atoms with Gasteiger partial charge in [-0.05, 0) is 97.6 Å². The minimum atomic E-state index is -0.910. The van der Waals surface area contributed by atoms with Gasteiger partial charge >= 0.3 is 5.97 Å². The van der Waals surface area contributed by atoms with Gasteiger partial charge in [0.2, 0.25) is 0 Å². The minimum Gasteiger partial charge on any atom is -0.480 e. The summed E-state index contributed by atoms with van der Waals surface area (Å²) < 4.78 is 1.50. The molecule has 0 atom stereocenters. The van der Waals surface area contributed by atoms with Gasteiger partial charge in [-0.25, -0.2) is 0 Å². The van der Waals surface area contributed by atoms with Crippen LogP contribution in [0.5, 0.6) is 0 Å². The highest BCUT2D eigenvalue weighted by molar-refractivity contribution is 6.33. The van der Waals surface area contributed by atoms with Crippen molar-refractivity contribution in [3.8, 4) is 0 Å². The summed E-state index contributed by atoms with van der Waals surface area (Å²) in [6.07, 6.45) is 9.98. The van der Waals surface area contributed by atoms with Gasteiger partial charge < -0.3 is 10.4 Å². The third-order valence-electron chi connectivity index (χ3n) is 7.83. The largest absolute Gasteiger partial charge is 0.480 e. The summed E-state index contributed by atoms with van der Waals surface area (Å²) >= 11 is 6.76. The molecule has 4 fully saturated rings. The van der Waals surface area contributed by atoms with Crippen molar-refractivity contribution in [1.29, 1.82) is 0 Å². The van der Waals surface area contributed by atoms with E-state index in [2.05, 4.69) is 28.6 Å². The van der Waals surface area contributed by atoms with Gasteiger partial charge in [0.15, 0.2) is 0 Å². The number of fused-ring (bicyclic) bond motifs is 1. The molecule has 0 radical (unpaired) electrons. The molecule has 0 unspecified atom stereocenters. The van der Waals surface area contributed by atoms with E-state index in [0.717, 1.165) is 45.1 Å². The number of carbonyl (C=O) groups is 1. The Morgan fingerprint density at radius 1 is 1.10 bits per heavy atom. The molecule has 0 spiro atoms. The summed E-state index contributed by atoms with van der Waals surface area (Å²) in [5.74, 6) is 1.81. The normalized spacial score (nSPS) is 28.9. The fourth-order valence-electron chi connectivity index (χ4n) is 6.97. The summed E-state index contributed by atoms with van der Waals surface area (Å²) in [7, 11) is 0. The predicted octanol–water partition coefficient (Wildman–Crippen LogP) is 5.99. The fourth-order valence-corrected chi connectivity index (χ4v) is 7.20. The van der Waals surface area contributed by atoms with E-state index in [1.54, 1.807) is 6.20 Å². The summed E-state index contributed by atoms with van der Waals surface area (Å²) in [5.41, 5.74) is 4.27. The number of aromatic nitrogens is 2. The lowest BCUT2D eigenvalue weighted by molar-refractivity contribution is -0.137. The maximum absolute atomic E-state index is 11.1. The number of benzene rings is 2. The molecule has 6 heteroatoms. The van der Waals surface area contributed by atoms with Crippen LogP contribution in [0.15, 0.2) is 42.6 Å². The van der Waals surface area contributed by atoms with Crippen LogP contribution >= 0.6 is 11.6 Å². The van der Waals surface area contributed by atoms with Gasteiger partial charge in [0.25, 0.3) is 0 Å². The first-order valence-corrected chi connectivity index (χ1v) is 11.6. The van der Waals surface area contributed by atoms with Gasteiger partial charge in [-0.15, -0.1) is 0 Å². The van der Waals surface area contributed by atoms with E-state index in [9.17, 15) is 4.79 Å². The molecular weight excluding hydrogens is 410 g/mol. The zero-order valence-corrected chi connectivity index (χ0v) is 18.1. The maximum atomic E-state index is 11.1. The van der Waals surface area contributed by atoms with Gasteiger partial charge in [-0.1, -0.05) is 17.7 Å². The molecule has 4 aliphatic carbocycles.